The Morgan fingerprint density at radius 2 is 1.86 bits per heavy atom. The summed E-state index contributed by atoms with van der Waals surface area (Å²) in [6.45, 7) is 2.61. The van der Waals surface area contributed by atoms with Crippen molar-refractivity contribution in [2.45, 2.75) is 13.0 Å². The van der Waals surface area contributed by atoms with E-state index in [0.717, 1.165) is 36.8 Å². The average Bonchev–Trinajstić information content (AvgIpc) is 2.51. The van der Waals surface area contributed by atoms with E-state index in [-0.39, 0.29) is 0 Å². The van der Waals surface area contributed by atoms with E-state index in [0.29, 0.717) is 6.54 Å². The third kappa shape index (κ3) is 5.74. The molecular formula is C15H22N6. The third-order valence-electron chi connectivity index (χ3n) is 2.93. The Balaban J connectivity index is 1.80. The summed E-state index contributed by atoms with van der Waals surface area (Å²) in [5.41, 5.74) is 0.983. The number of hydrogen-bond donors (Lipinski definition) is 2. The van der Waals surface area contributed by atoms with E-state index in [9.17, 15) is 0 Å². The second kappa shape index (κ2) is 8.16. The van der Waals surface area contributed by atoms with Crippen molar-refractivity contribution in [3.05, 3.63) is 42.5 Å². The molecular weight excluding hydrogens is 264 g/mol. The van der Waals surface area contributed by atoms with E-state index in [2.05, 4.69) is 44.6 Å². The zero-order valence-electron chi connectivity index (χ0n) is 12.6. The maximum absolute atomic E-state index is 4.27. The molecule has 0 aliphatic rings. The normalized spacial score (nSPS) is 10.6. The minimum absolute atomic E-state index is 0.651. The first kappa shape index (κ1) is 15.2. The second-order valence-corrected chi connectivity index (χ2v) is 5.05. The fraction of sp³-hybridized carbons (Fsp3) is 0.400. The van der Waals surface area contributed by atoms with Gasteiger partial charge in [0, 0.05) is 18.8 Å². The Labute approximate surface area is 125 Å². The molecule has 0 aliphatic heterocycles. The first-order valence-corrected chi connectivity index (χ1v) is 7.08. The molecule has 0 saturated carbocycles. The van der Waals surface area contributed by atoms with Crippen molar-refractivity contribution in [1.82, 2.24) is 19.9 Å². The van der Waals surface area contributed by atoms with Gasteiger partial charge in [-0.25, -0.2) is 9.97 Å². The van der Waals surface area contributed by atoms with E-state index < -0.39 is 0 Å². The first-order chi connectivity index (χ1) is 10.2. The summed E-state index contributed by atoms with van der Waals surface area (Å²) in [6, 6.07) is 7.78. The molecule has 2 aromatic heterocycles. The Morgan fingerprint density at radius 3 is 2.57 bits per heavy atom. The summed E-state index contributed by atoms with van der Waals surface area (Å²) in [4.78, 5) is 14.9. The topological polar surface area (TPSA) is 66.0 Å². The minimum Gasteiger partial charge on any atom is -0.370 e. The smallest absolute Gasteiger partial charge is 0.131 e. The predicted molar refractivity (Wildman–Crippen MR) is 85.3 cm³/mol. The largest absolute Gasteiger partial charge is 0.370 e. The molecule has 0 aromatic carbocycles. The van der Waals surface area contributed by atoms with Crippen LogP contribution in [0.3, 0.4) is 0 Å². The number of nitrogens with zero attached hydrogens (tertiary/aromatic N) is 4. The molecule has 6 nitrogen and oxygen atoms in total. The SMILES string of the molecule is CN(C)CCCNc1cc(NCc2ccccn2)ncn1. The van der Waals surface area contributed by atoms with Crippen LogP contribution >= 0.6 is 0 Å². The van der Waals surface area contributed by atoms with Crippen molar-refractivity contribution in [3.8, 4) is 0 Å². The van der Waals surface area contributed by atoms with Crippen LogP contribution in [-0.2, 0) is 6.54 Å². The van der Waals surface area contributed by atoms with E-state index in [4.69, 9.17) is 0 Å². The Hall–Kier alpha value is -2.21. The zero-order chi connectivity index (χ0) is 14.9. The molecule has 2 rings (SSSR count). The lowest BCUT2D eigenvalue weighted by Gasteiger charge is -2.11. The van der Waals surface area contributed by atoms with Gasteiger partial charge in [-0.2, -0.15) is 0 Å². The average molecular weight is 286 g/mol. The van der Waals surface area contributed by atoms with Crippen LogP contribution in [0.2, 0.25) is 0 Å². The molecule has 0 aliphatic carbocycles. The summed E-state index contributed by atoms with van der Waals surface area (Å²) in [7, 11) is 4.15. The fourth-order valence-corrected chi connectivity index (χ4v) is 1.85. The van der Waals surface area contributed by atoms with Gasteiger partial charge in [0.1, 0.15) is 18.0 Å². The Bertz CT molecular complexity index is 529. The van der Waals surface area contributed by atoms with E-state index >= 15 is 0 Å². The van der Waals surface area contributed by atoms with Crippen LogP contribution in [0.25, 0.3) is 0 Å². The highest BCUT2D eigenvalue weighted by Gasteiger charge is 1.99. The lowest BCUT2D eigenvalue weighted by atomic mass is 10.3. The Kier molecular flexibility index (Phi) is 5.90. The molecule has 0 amide bonds. The van der Waals surface area contributed by atoms with Crippen LogP contribution in [-0.4, -0.2) is 47.0 Å². The number of nitrogens with one attached hydrogen (secondary N) is 2. The zero-order valence-corrected chi connectivity index (χ0v) is 12.6. The molecule has 0 saturated heterocycles. The van der Waals surface area contributed by atoms with Crippen molar-refractivity contribution in [3.63, 3.8) is 0 Å². The highest BCUT2D eigenvalue weighted by atomic mass is 15.1. The lowest BCUT2D eigenvalue weighted by molar-refractivity contribution is 0.405. The van der Waals surface area contributed by atoms with Crippen molar-refractivity contribution in [2.24, 2.45) is 0 Å². The van der Waals surface area contributed by atoms with Gasteiger partial charge in [0.05, 0.1) is 12.2 Å². The molecule has 0 unspecified atom stereocenters. The number of aromatic nitrogens is 3. The van der Waals surface area contributed by atoms with Gasteiger partial charge >= 0.3 is 0 Å². The monoisotopic (exact) mass is 286 g/mol. The molecule has 0 fully saturated rings. The van der Waals surface area contributed by atoms with Gasteiger partial charge in [-0.1, -0.05) is 6.07 Å². The highest BCUT2D eigenvalue weighted by molar-refractivity contribution is 5.46. The highest BCUT2D eigenvalue weighted by Crippen LogP contribution is 2.09. The Morgan fingerprint density at radius 1 is 1.05 bits per heavy atom. The van der Waals surface area contributed by atoms with E-state index in [1.807, 2.05) is 24.3 Å². The maximum atomic E-state index is 4.27. The molecule has 0 radical (unpaired) electrons. The van der Waals surface area contributed by atoms with E-state index in [1.165, 1.54) is 0 Å². The van der Waals surface area contributed by atoms with Gasteiger partial charge in [-0.05, 0) is 39.2 Å². The van der Waals surface area contributed by atoms with Crippen LogP contribution < -0.4 is 10.6 Å². The van der Waals surface area contributed by atoms with Crippen molar-refractivity contribution < 1.29 is 0 Å². The summed E-state index contributed by atoms with van der Waals surface area (Å²) in [6.07, 6.45) is 4.43. The quantitative estimate of drug-likeness (QED) is 0.722. The van der Waals surface area contributed by atoms with Crippen molar-refractivity contribution >= 4 is 11.6 Å². The summed E-state index contributed by atoms with van der Waals surface area (Å²) in [5.74, 6) is 1.64. The van der Waals surface area contributed by atoms with Crippen LogP contribution in [0.4, 0.5) is 11.6 Å². The number of rotatable bonds is 8. The molecule has 0 atom stereocenters. The molecule has 0 bridgehead atoms. The third-order valence-corrected chi connectivity index (χ3v) is 2.93. The van der Waals surface area contributed by atoms with Crippen molar-refractivity contribution in [2.75, 3.05) is 37.8 Å². The van der Waals surface area contributed by atoms with Gasteiger partial charge in [-0.15, -0.1) is 0 Å². The van der Waals surface area contributed by atoms with Crippen LogP contribution in [0.1, 0.15) is 12.1 Å². The van der Waals surface area contributed by atoms with Gasteiger partial charge in [0.25, 0.3) is 0 Å². The van der Waals surface area contributed by atoms with Gasteiger partial charge in [-0.3, -0.25) is 4.98 Å². The van der Waals surface area contributed by atoms with Gasteiger partial charge < -0.3 is 15.5 Å². The number of anilines is 2. The van der Waals surface area contributed by atoms with E-state index in [1.54, 1.807) is 12.5 Å². The summed E-state index contributed by atoms with van der Waals surface area (Å²) in [5, 5.41) is 6.55. The van der Waals surface area contributed by atoms with Gasteiger partial charge in [0.15, 0.2) is 0 Å². The molecule has 6 heteroatoms. The van der Waals surface area contributed by atoms with Crippen LogP contribution in [0, 0.1) is 0 Å². The van der Waals surface area contributed by atoms with Crippen molar-refractivity contribution in [1.29, 1.82) is 0 Å². The molecule has 21 heavy (non-hydrogen) atoms. The maximum Gasteiger partial charge on any atom is 0.131 e. The number of hydrogen-bond acceptors (Lipinski definition) is 6. The van der Waals surface area contributed by atoms with Crippen LogP contribution in [0.15, 0.2) is 36.8 Å². The second-order valence-electron chi connectivity index (χ2n) is 5.05. The standard InChI is InChI=1S/C15H22N6/c1-21(2)9-5-8-17-14-10-15(20-12-19-14)18-11-13-6-3-4-7-16-13/h3-4,6-7,10,12H,5,8-9,11H2,1-2H3,(H2,17,18,19,20). The predicted octanol–water partition coefficient (Wildman–Crippen LogP) is 1.85. The molecule has 2 N–H and O–H groups in total. The summed E-state index contributed by atoms with van der Waals surface area (Å²) < 4.78 is 0. The first-order valence-electron chi connectivity index (χ1n) is 7.08. The lowest BCUT2D eigenvalue weighted by Crippen LogP contribution is -2.16. The molecule has 112 valence electrons. The minimum atomic E-state index is 0.651. The fourth-order valence-electron chi connectivity index (χ4n) is 1.85. The summed E-state index contributed by atoms with van der Waals surface area (Å²) >= 11 is 0. The molecule has 2 heterocycles. The van der Waals surface area contributed by atoms with Gasteiger partial charge in [0.2, 0.25) is 0 Å². The number of pyridine rings is 1. The molecule has 0 spiro atoms. The van der Waals surface area contributed by atoms with Crippen LogP contribution in [0.5, 0.6) is 0 Å². The molecule has 2 aromatic rings.